The zero-order valence-electron chi connectivity index (χ0n) is 9.63. The van der Waals surface area contributed by atoms with Crippen molar-refractivity contribution in [3.8, 4) is 17.5 Å². The molecule has 2 aromatic rings. The fourth-order valence-electron chi connectivity index (χ4n) is 1.66. The van der Waals surface area contributed by atoms with Crippen LogP contribution in [0.2, 0.25) is 0 Å². The number of hydrogen-bond donors (Lipinski definition) is 1. The Bertz CT molecular complexity index is 564. The average Bonchev–Trinajstić information content (AvgIpc) is 2.60. The molecule has 17 heavy (non-hydrogen) atoms. The maximum atomic E-state index is 11.8. The van der Waals surface area contributed by atoms with Gasteiger partial charge in [0, 0.05) is 12.1 Å². The summed E-state index contributed by atoms with van der Waals surface area (Å²) in [5.74, 6) is 0.755. The number of benzene rings is 1. The first kappa shape index (κ1) is 11.2. The van der Waals surface area contributed by atoms with E-state index in [1.807, 2.05) is 0 Å². The van der Waals surface area contributed by atoms with E-state index < -0.39 is 0 Å². The normalized spacial score (nSPS) is 10.5. The molecule has 1 N–H and O–H groups in total. The van der Waals surface area contributed by atoms with Gasteiger partial charge in [-0.1, -0.05) is 0 Å². The standard InChI is InChI=1S/C10H12N2O5/c1-15-6-4-7-9(8(5-6)16-2)12(14)10(17-3)11(7)13/h4-5,13H,1-3H3. The number of imidazole rings is 1. The fourth-order valence-corrected chi connectivity index (χ4v) is 1.66. The third-order valence-electron chi connectivity index (χ3n) is 2.45. The Hall–Kier alpha value is -2.31. The second kappa shape index (κ2) is 3.93. The van der Waals surface area contributed by atoms with E-state index in [4.69, 9.17) is 14.2 Å². The highest BCUT2D eigenvalue weighted by molar-refractivity contribution is 5.81. The molecule has 0 saturated heterocycles. The first-order valence-corrected chi connectivity index (χ1v) is 4.77. The highest BCUT2D eigenvalue weighted by atomic mass is 16.6. The highest BCUT2D eigenvalue weighted by Crippen LogP contribution is 2.31. The van der Waals surface area contributed by atoms with Gasteiger partial charge in [-0.15, -0.1) is 0 Å². The van der Waals surface area contributed by atoms with Gasteiger partial charge in [-0.3, -0.25) is 0 Å². The van der Waals surface area contributed by atoms with Crippen LogP contribution in [0.4, 0.5) is 0 Å². The highest BCUT2D eigenvalue weighted by Gasteiger charge is 2.26. The molecule has 0 fully saturated rings. The van der Waals surface area contributed by atoms with Crippen molar-refractivity contribution in [3.63, 3.8) is 0 Å². The van der Waals surface area contributed by atoms with E-state index in [0.717, 1.165) is 0 Å². The summed E-state index contributed by atoms with van der Waals surface area (Å²) in [6, 6.07) is 2.82. The topological polar surface area (TPSA) is 79.8 Å². The van der Waals surface area contributed by atoms with E-state index in [9.17, 15) is 10.4 Å². The van der Waals surface area contributed by atoms with Gasteiger partial charge in [0.2, 0.25) is 11.0 Å². The summed E-state index contributed by atoms with van der Waals surface area (Å²) in [7, 11) is 4.20. The first-order chi connectivity index (χ1) is 8.13. The van der Waals surface area contributed by atoms with Crippen LogP contribution < -0.4 is 18.9 Å². The summed E-state index contributed by atoms with van der Waals surface area (Å²) in [6.07, 6.45) is 0. The largest absolute Gasteiger partial charge is 0.708 e. The summed E-state index contributed by atoms with van der Waals surface area (Å²) in [5.41, 5.74) is 0.417. The van der Waals surface area contributed by atoms with Crippen LogP contribution in [0.1, 0.15) is 0 Å². The number of aromatic nitrogens is 2. The van der Waals surface area contributed by atoms with Crippen molar-refractivity contribution in [2.75, 3.05) is 21.3 Å². The Morgan fingerprint density at radius 2 is 1.88 bits per heavy atom. The fraction of sp³-hybridized carbons (Fsp3) is 0.300. The summed E-state index contributed by atoms with van der Waals surface area (Å²) in [6.45, 7) is 0. The molecule has 0 spiro atoms. The SMILES string of the molecule is COc1cc(OC)c2c(c1)n(O)c(OC)[n+]2[O-]. The molecular formula is C10H12N2O5. The molecule has 0 atom stereocenters. The maximum Gasteiger partial charge on any atom is 0.500 e. The van der Waals surface area contributed by atoms with E-state index in [2.05, 4.69) is 0 Å². The van der Waals surface area contributed by atoms with Gasteiger partial charge in [0.05, 0.1) is 21.3 Å². The van der Waals surface area contributed by atoms with Crippen molar-refractivity contribution in [1.82, 2.24) is 4.73 Å². The number of fused-ring (bicyclic) bond motifs is 1. The molecular weight excluding hydrogens is 228 g/mol. The summed E-state index contributed by atoms with van der Waals surface area (Å²) in [4.78, 5) is 0. The van der Waals surface area contributed by atoms with Crippen LogP contribution in [0.5, 0.6) is 17.5 Å². The molecule has 0 aliphatic rings. The van der Waals surface area contributed by atoms with Crippen molar-refractivity contribution >= 4 is 11.0 Å². The average molecular weight is 240 g/mol. The monoisotopic (exact) mass is 240 g/mol. The van der Waals surface area contributed by atoms with Crippen LogP contribution in [0.25, 0.3) is 11.0 Å². The Labute approximate surface area is 96.9 Å². The minimum atomic E-state index is -0.244. The number of nitrogens with zero attached hydrogens (tertiary/aromatic N) is 2. The third-order valence-corrected chi connectivity index (χ3v) is 2.45. The molecule has 1 heterocycles. The molecule has 0 unspecified atom stereocenters. The van der Waals surface area contributed by atoms with Gasteiger partial charge in [-0.05, 0) is 4.73 Å². The van der Waals surface area contributed by atoms with Gasteiger partial charge < -0.3 is 24.6 Å². The molecule has 0 radical (unpaired) electrons. The van der Waals surface area contributed by atoms with Gasteiger partial charge in [0.15, 0.2) is 5.75 Å². The zero-order chi connectivity index (χ0) is 12.6. The third kappa shape index (κ3) is 1.47. The van der Waals surface area contributed by atoms with Crippen LogP contribution in [0, 0.1) is 5.21 Å². The van der Waals surface area contributed by atoms with Gasteiger partial charge in [0.25, 0.3) is 0 Å². The predicted molar refractivity (Wildman–Crippen MR) is 57.7 cm³/mol. The Morgan fingerprint density at radius 1 is 1.18 bits per heavy atom. The molecule has 0 aliphatic carbocycles. The van der Waals surface area contributed by atoms with Crippen LogP contribution >= 0.6 is 0 Å². The minimum absolute atomic E-state index is 0.174. The lowest BCUT2D eigenvalue weighted by molar-refractivity contribution is -0.588. The number of ether oxygens (including phenoxy) is 3. The number of rotatable bonds is 3. The summed E-state index contributed by atoms with van der Waals surface area (Å²) >= 11 is 0. The molecule has 1 aromatic carbocycles. The van der Waals surface area contributed by atoms with Crippen molar-refractivity contribution in [2.45, 2.75) is 0 Å². The lowest BCUT2D eigenvalue weighted by Gasteiger charge is -2.05. The van der Waals surface area contributed by atoms with Gasteiger partial charge in [0.1, 0.15) is 5.75 Å². The molecule has 0 saturated carbocycles. The van der Waals surface area contributed by atoms with Gasteiger partial charge in [-0.25, -0.2) is 0 Å². The lowest BCUT2D eigenvalue weighted by atomic mass is 10.2. The van der Waals surface area contributed by atoms with E-state index in [1.165, 1.54) is 27.4 Å². The van der Waals surface area contributed by atoms with Crippen molar-refractivity contribution in [1.29, 1.82) is 0 Å². The zero-order valence-corrected chi connectivity index (χ0v) is 9.63. The molecule has 0 aliphatic heterocycles. The molecule has 0 amide bonds. The number of methoxy groups -OCH3 is 3. The van der Waals surface area contributed by atoms with Crippen molar-refractivity contribution < 1.29 is 24.1 Å². The molecule has 0 bridgehead atoms. The quantitative estimate of drug-likeness (QED) is 0.481. The minimum Gasteiger partial charge on any atom is -0.708 e. The van der Waals surface area contributed by atoms with E-state index in [-0.39, 0.29) is 17.0 Å². The van der Waals surface area contributed by atoms with Crippen molar-refractivity contribution in [3.05, 3.63) is 17.3 Å². The maximum absolute atomic E-state index is 11.8. The molecule has 2 rings (SSSR count). The van der Waals surface area contributed by atoms with Crippen LogP contribution in [0.3, 0.4) is 0 Å². The lowest BCUT2D eigenvalue weighted by Crippen LogP contribution is -2.27. The molecule has 92 valence electrons. The summed E-state index contributed by atoms with van der Waals surface area (Å²) < 4.78 is 16.0. The van der Waals surface area contributed by atoms with Gasteiger partial charge in [-0.2, -0.15) is 4.73 Å². The van der Waals surface area contributed by atoms with E-state index in [0.29, 0.717) is 21.0 Å². The summed E-state index contributed by atoms with van der Waals surface area (Å²) in [5, 5.41) is 21.6. The second-order valence-corrected chi connectivity index (χ2v) is 3.29. The van der Waals surface area contributed by atoms with E-state index in [1.54, 1.807) is 6.07 Å². The first-order valence-electron chi connectivity index (χ1n) is 4.77. The van der Waals surface area contributed by atoms with Crippen LogP contribution in [-0.4, -0.2) is 31.3 Å². The number of hydrogen-bond acceptors (Lipinski definition) is 5. The van der Waals surface area contributed by atoms with Crippen LogP contribution in [-0.2, 0) is 0 Å². The molecule has 1 aromatic heterocycles. The predicted octanol–water partition coefficient (Wildman–Crippen LogP) is 0.538. The van der Waals surface area contributed by atoms with E-state index >= 15 is 0 Å². The van der Waals surface area contributed by atoms with Crippen molar-refractivity contribution in [2.24, 2.45) is 0 Å². The van der Waals surface area contributed by atoms with Gasteiger partial charge >= 0.3 is 6.01 Å². The Morgan fingerprint density at radius 3 is 2.41 bits per heavy atom. The van der Waals surface area contributed by atoms with Crippen LogP contribution in [0.15, 0.2) is 12.1 Å². The second-order valence-electron chi connectivity index (χ2n) is 3.29. The smallest absolute Gasteiger partial charge is 0.500 e. The molecule has 7 nitrogen and oxygen atoms in total. The Kier molecular flexibility index (Phi) is 2.58. The Balaban J connectivity index is 2.87. The molecule has 7 heteroatoms.